The first-order chi connectivity index (χ1) is 15.5. The van der Waals surface area contributed by atoms with E-state index in [2.05, 4.69) is 20.9 Å². The number of aryl methyl sites for hydroxylation is 1. The summed E-state index contributed by atoms with van der Waals surface area (Å²) in [6.07, 6.45) is 6.33. The summed E-state index contributed by atoms with van der Waals surface area (Å²) in [5.41, 5.74) is 7.51. The minimum Gasteiger partial charge on any atom is -0.491 e. The molecule has 2 aliphatic heterocycles. The number of piperidine rings is 1. The van der Waals surface area contributed by atoms with Crippen molar-refractivity contribution >= 4 is 11.8 Å². The van der Waals surface area contributed by atoms with Crippen LogP contribution in [0.3, 0.4) is 0 Å². The third-order valence-electron chi connectivity index (χ3n) is 6.31. The molecule has 2 aliphatic rings. The Morgan fingerprint density at radius 2 is 2.06 bits per heavy atom. The van der Waals surface area contributed by atoms with Crippen LogP contribution in [0.4, 0.5) is 0 Å². The zero-order valence-corrected chi connectivity index (χ0v) is 18.6. The number of carbonyl (C=O) groups is 2. The molecule has 32 heavy (non-hydrogen) atoms. The monoisotopic (exact) mass is 437 g/mol. The average molecular weight is 438 g/mol. The number of rotatable bonds is 8. The van der Waals surface area contributed by atoms with Crippen molar-refractivity contribution in [2.45, 2.75) is 51.6 Å². The Labute approximate surface area is 188 Å². The molecule has 1 atom stereocenters. The van der Waals surface area contributed by atoms with Crippen LogP contribution in [-0.2, 0) is 11.3 Å². The van der Waals surface area contributed by atoms with Gasteiger partial charge in [0, 0.05) is 31.3 Å². The minimum absolute atomic E-state index is 0.0830. The van der Waals surface area contributed by atoms with Gasteiger partial charge in [0.1, 0.15) is 18.2 Å². The fraction of sp³-hybridized carbons (Fsp3) is 0.500. The van der Waals surface area contributed by atoms with Gasteiger partial charge in [-0.05, 0) is 38.8 Å². The summed E-state index contributed by atoms with van der Waals surface area (Å²) in [6.45, 7) is 5.41. The predicted octanol–water partition coefficient (Wildman–Crippen LogP) is 2.61. The molecule has 0 aliphatic carbocycles. The van der Waals surface area contributed by atoms with Crippen LogP contribution >= 0.6 is 0 Å². The number of nitrogens with zero attached hydrogens (tertiary/aromatic N) is 4. The maximum absolute atomic E-state index is 11.8. The molecule has 3 heterocycles. The maximum atomic E-state index is 11.8. The van der Waals surface area contributed by atoms with Crippen molar-refractivity contribution in [3.63, 3.8) is 0 Å². The number of amides is 2. The van der Waals surface area contributed by atoms with Gasteiger partial charge in [0.15, 0.2) is 0 Å². The third kappa shape index (κ3) is 5.07. The molecule has 8 heteroatoms. The third-order valence-corrected chi connectivity index (χ3v) is 6.31. The van der Waals surface area contributed by atoms with Gasteiger partial charge in [-0.1, -0.05) is 24.6 Å². The highest BCUT2D eigenvalue weighted by Crippen LogP contribution is 2.32. The van der Waals surface area contributed by atoms with Crippen LogP contribution < -0.4 is 10.5 Å². The molecule has 0 bridgehead atoms. The number of primary amides is 1. The van der Waals surface area contributed by atoms with E-state index in [4.69, 9.17) is 10.5 Å². The Balaban J connectivity index is 1.45. The number of para-hydroxylation sites is 1. The average Bonchev–Trinajstić information content (AvgIpc) is 3.19. The van der Waals surface area contributed by atoms with E-state index in [9.17, 15) is 9.59 Å². The molecular weight excluding hydrogens is 406 g/mol. The van der Waals surface area contributed by atoms with Crippen LogP contribution in [0.25, 0.3) is 0 Å². The normalized spacial score (nSPS) is 19.3. The van der Waals surface area contributed by atoms with Crippen LogP contribution in [0.1, 0.15) is 65.6 Å². The molecule has 2 saturated heterocycles. The molecule has 2 N–H and O–H groups in total. The summed E-state index contributed by atoms with van der Waals surface area (Å²) in [5.74, 6) is 1.30. The number of benzene rings is 1. The summed E-state index contributed by atoms with van der Waals surface area (Å²) in [7, 11) is 0. The highest BCUT2D eigenvalue weighted by Gasteiger charge is 2.28. The number of ether oxygens (including phenoxy) is 1. The quantitative estimate of drug-likeness (QED) is 0.681. The van der Waals surface area contributed by atoms with Crippen LogP contribution in [0.5, 0.6) is 5.75 Å². The first-order valence-corrected chi connectivity index (χ1v) is 11.4. The number of carbonyl (C=O) groups excluding carboxylic acids is 2. The van der Waals surface area contributed by atoms with Crippen molar-refractivity contribution in [1.82, 2.24) is 19.8 Å². The Bertz CT molecular complexity index is 980. The van der Waals surface area contributed by atoms with Crippen LogP contribution in [-0.4, -0.2) is 57.8 Å². The Morgan fingerprint density at radius 1 is 1.22 bits per heavy atom. The lowest BCUT2D eigenvalue weighted by molar-refractivity contribution is -0.128. The molecule has 0 spiro atoms. The van der Waals surface area contributed by atoms with E-state index in [1.165, 1.54) is 0 Å². The van der Waals surface area contributed by atoms with E-state index >= 15 is 0 Å². The first kappa shape index (κ1) is 22.2. The Hall–Kier alpha value is -3.00. The molecule has 170 valence electrons. The van der Waals surface area contributed by atoms with Gasteiger partial charge < -0.3 is 15.4 Å². The van der Waals surface area contributed by atoms with Gasteiger partial charge >= 0.3 is 0 Å². The zero-order chi connectivity index (χ0) is 22.5. The van der Waals surface area contributed by atoms with E-state index in [0.717, 1.165) is 62.5 Å². The SMILES string of the molecule is Cc1nc([C@H]2CCCCN2Cc2ccccc2OCCN2CCCC2=O)ncc1C(N)=O. The maximum Gasteiger partial charge on any atom is 0.252 e. The minimum atomic E-state index is -0.503. The standard InChI is InChI=1S/C24H31N5O3/c1-17-19(23(25)31)15-26-24(27-17)20-8-4-5-11-29(20)16-18-7-2-3-9-21(18)32-14-13-28-12-6-10-22(28)30/h2-3,7,9,15,20H,4-6,8,10-14,16H2,1H3,(H2,25,31)/t20-/m1/s1. The Kier molecular flexibility index (Phi) is 6.99. The largest absolute Gasteiger partial charge is 0.491 e. The molecule has 2 amide bonds. The van der Waals surface area contributed by atoms with Gasteiger partial charge in [-0.3, -0.25) is 14.5 Å². The Morgan fingerprint density at radius 3 is 2.81 bits per heavy atom. The van der Waals surface area contributed by atoms with Gasteiger partial charge in [0.05, 0.1) is 23.8 Å². The van der Waals surface area contributed by atoms with E-state index in [-0.39, 0.29) is 11.9 Å². The molecule has 0 saturated carbocycles. The van der Waals surface area contributed by atoms with Gasteiger partial charge in [-0.15, -0.1) is 0 Å². The zero-order valence-electron chi connectivity index (χ0n) is 18.6. The fourth-order valence-corrected chi connectivity index (χ4v) is 4.56. The van der Waals surface area contributed by atoms with Gasteiger partial charge in [0.25, 0.3) is 5.91 Å². The van der Waals surface area contributed by atoms with Gasteiger partial charge in [-0.2, -0.15) is 0 Å². The van der Waals surface area contributed by atoms with Crippen molar-refractivity contribution < 1.29 is 14.3 Å². The van der Waals surface area contributed by atoms with Crippen molar-refractivity contribution in [2.75, 3.05) is 26.2 Å². The molecule has 1 aromatic heterocycles. The highest BCUT2D eigenvalue weighted by atomic mass is 16.5. The van der Waals surface area contributed by atoms with Crippen molar-refractivity contribution in [1.29, 1.82) is 0 Å². The van der Waals surface area contributed by atoms with Crippen molar-refractivity contribution in [3.05, 3.63) is 53.1 Å². The number of hydrogen-bond donors (Lipinski definition) is 1. The molecule has 0 unspecified atom stereocenters. The van der Waals surface area contributed by atoms with Crippen molar-refractivity contribution in [3.8, 4) is 5.75 Å². The summed E-state index contributed by atoms with van der Waals surface area (Å²) < 4.78 is 6.09. The lowest BCUT2D eigenvalue weighted by atomic mass is 10.00. The second-order valence-electron chi connectivity index (χ2n) is 8.51. The van der Waals surface area contributed by atoms with Crippen molar-refractivity contribution in [2.24, 2.45) is 5.73 Å². The lowest BCUT2D eigenvalue weighted by Crippen LogP contribution is -2.34. The summed E-state index contributed by atoms with van der Waals surface area (Å²) in [5, 5.41) is 0. The van der Waals surface area contributed by atoms with E-state index in [0.29, 0.717) is 30.8 Å². The molecule has 2 aromatic rings. The van der Waals surface area contributed by atoms with E-state index < -0.39 is 5.91 Å². The molecule has 2 fully saturated rings. The summed E-state index contributed by atoms with van der Waals surface area (Å²) >= 11 is 0. The molecular formula is C24H31N5O3. The van der Waals surface area contributed by atoms with Crippen LogP contribution in [0.15, 0.2) is 30.5 Å². The summed E-state index contributed by atoms with van der Waals surface area (Å²) in [4.78, 5) is 36.7. The number of hydrogen-bond acceptors (Lipinski definition) is 6. The van der Waals surface area contributed by atoms with E-state index in [1.54, 1.807) is 13.1 Å². The first-order valence-electron chi connectivity index (χ1n) is 11.4. The molecule has 8 nitrogen and oxygen atoms in total. The number of likely N-dealkylation sites (tertiary alicyclic amines) is 2. The van der Waals surface area contributed by atoms with Crippen LogP contribution in [0, 0.1) is 6.92 Å². The predicted molar refractivity (Wildman–Crippen MR) is 120 cm³/mol. The van der Waals surface area contributed by atoms with Crippen LogP contribution in [0.2, 0.25) is 0 Å². The second kappa shape index (κ2) is 10.1. The van der Waals surface area contributed by atoms with E-state index in [1.807, 2.05) is 23.1 Å². The molecule has 4 rings (SSSR count). The summed E-state index contributed by atoms with van der Waals surface area (Å²) in [6, 6.07) is 8.16. The van der Waals surface area contributed by atoms with Gasteiger partial charge in [-0.25, -0.2) is 9.97 Å². The van der Waals surface area contributed by atoms with Gasteiger partial charge in [0.2, 0.25) is 5.91 Å². The number of aromatic nitrogens is 2. The second-order valence-corrected chi connectivity index (χ2v) is 8.51. The molecule has 1 aromatic carbocycles. The lowest BCUT2D eigenvalue weighted by Gasteiger charge is -2.35. The smallest absolute Gasteiger partial charge is 0.252 e. The highest BCUT2D eigenvalue weighted by molar-refractivity contribution is 5.93. The number of nitrogens with two attached hydrogens (primary N) is 1. The topological polar surface area (TPSA) is 102 Å². The molecule has 0 radical (unpaired) electrons. The fourth-order valence-electron chi connectivity index (χ4n) is 4.56.